The Labute approximate surface area is 130 Å². The Bertz CT molecular complexity index is 785. The summed E-state index contributed by atoms with van der Waals surface area (Å²) < 4.78 is 25.4. The van der Waals surface area contributed by atoms with E-state index in [2.05, 4.69) is 20.9 Å². The molecule has 0 aliphatic carbocycles. The summed E-state index contributed by atoms with van der Waals surface area (Å²) in [4.78, 5) is 15.1. The van der Waals surface area contributed by atoms with Crippen LogP contribution in [0.4, 0.5) is 0 Å². The Balaban J connectivity index is 2.38. The van der Waals surface area contributed by atoms with Crippen LogP contribution in [0.2, 0.25) is 0 Å². The van der Waals surface area contributed by atoms with Gasteiger partial charge in [0, 0.05) is 10.7 Å². The van der Waals surface area contributed by atoms with E-state index in [1.165, 1.54) is 24.4 Å². The summed E-state index contributed by atoms with van der Waals surface area (Å²) in [7, 11) is -3.64. The van der Waals surface area contributed by atoms with Gasteiger partial charge in [0.1, 0.15) is 0 Å². The van der Waals surface area contributed by atoms with E-state index < -0.39 is 15.8 Å². The van der Waals surface area contributed by atoms with E-state index in [4.69, 9.17) is 5.11 Å². The van der Waals surface area contributed by atoms with Crippen molar-refractivity contribution in [3.63, 3.8) is 0 Å². The minimum Gasteiger partial charge on any atom is -0.478 e. The molecule has 7 heteroatoms. The molecule has 0 radical (unpaired) electrons. The molecule has 1 heterocycles. The number of nitrogens with zero attached hydrogens (tertiary/aromatic N) is 1. The summed E-state index contributed by atoms with van der Waals surface area (Å²) in [5, 5.41) is 9.06. The van der Waals surface area contributed by atoms with Gasteiger partial charge in [0.2, 0.25) is 0 Å². The third-order valence-corrected chi connectivity index (χ3v) is 5.04. The molecule has 0 unspecified atom stereocenters. The maximum Gasteiger partial charge on any atom is 0.335 e. The summed E-state index contributed by atoms with van der Waals surface area (Å²) >= 11 is 3.23. The summed E-state index contributed by atoms with van der Waals surface area (Å²) in [6.07, 6.45) is 1.52. The lowest BCUT2D eigenvalue weighted by atomic mass is 10.1. The van der Waals surface area contributed by atoms with Gasteiger partial charge in [-0.3, -0.25) is 4.98 Å². The highest BCUT2D eigenvalue weighted by molar-refractivity contribution is 9.10. The lowest BCUT2D eigenvalue weighted by molar-refractivity contribution is 0.0696. The van der Waals surface area contributed by atoms with Crippen LogP contribution in [0.25, 0.3) is 0 Å². The van der Waals surface area contributed by atoms with Gasteiger partial charge in [-0.1, -0.05) is 6.07 Å². The highest BCUT2D eigenvalue weighted by atomic mass is 79.9. The third-order valence-electron chi connectivity index (χ3n) is 2.93. The number of carboxylic acids is 1. The molecule has 0 bridgehead atoms. The van der Waals surface area contributed by atoms with Crippen molar-refractivity contribution in [2.24, 2.45) is 0 Å². The molecule has 0 aliphatic heterocycles. The Hall–Kier alpha value is -1.73. The van der Waals surface area contributed by atoms with Gasteiger partial charge in [-0.15, -0.1) is 0 Å². The molecule has 5 nitrogen and oxygen atoms in total. The molecule has 1 aromatic heterocycles. The number of aryl methyl sites for hydroxylation is 1. The Morgan fingerprint density at radius 1 is 1.29 bits per heavy atom. The van der Waals surface area contributed by atoms with Crippen LogP contribution in [-0.2, 0) is 15.6 Å². The van der Waals surface area contributed by atoms with Gasteiger partial charge >= 0.3 is 5.97 Å². The highest BCUT2D eigenvalue weighted by Gasteiger charge is 2.19. The molecule has 0 saturated heterocycles. The topological polar surface area (TPSA) is 84.3 Å². The first-order valence-electron chi connectivity index (χ1n) is 5.97. The molecule has 0 amide bonds. The lowest BCUT2D eigenvalue weighted by Gasteiger charge is -2.07. The van der Waals surface area contributed by atoms with Crippen molar-refractivity contribution in [2.45, 2.75) is 17.6 Å². The van der Waals surface area contributed by atoms with Crippen LogP contribution in [0.5, 0.6) is 0 Å². The minimum atomic E-state index is -3.64. The maximum atomic E-state index is 12.3. The number of halogens is 1. The zero-order valence-electron chi connectivity index (χ0n) is 11.1. The van der Waals surface area contributed by atoms with Crippen LogP contribution in [-0.4, -0.2) is 24.5 Å². The van der Waals surface area contributed by atoms with Gasteiger partial charge in [0.05, 0.1) is 21.9 Å². The van der Waals surface area contributed by atoms with E-state index in [0.29, 0.717) is 11.3 Å². The van der Waals surface area contributed by atoms with Gasteiger partial charge in [0.25, 0.3) is 0 Å². The molecule has 0 saturated carbocycles. The molecule has 110 valence electrons. The first-order valence-corrected chi connectivity index (χ1v) is 8.41. The second-order valence-electron chi connectivity index (χ2n) is 4.51. The molecule has 0 spiro atoms. The number of hydrogen-bond acceptors (Lipinski definition) is 4. The average Bonchev–Trinajstić information content (AvgIpc) is 2.41. The lowest BCUT2D eigenvalue weighted by Crippen LogP contribution is -2.09. The van der Waals surface area contributed by atoms with Gasteiger partial charge in [-0.25, -0.2) is 13.2 Å². The third kappa shape index (κ3) is 3.68. The molecule has 0 fully saturated rings. The van der Waals surface area contributed by atoms with E-state index in [-0.39, 0.29) is 16.2 Å². The quantitative estimate of drug-likeness (QED) is 0.895. The van der Waals surface area contributed by atoms with E-state index in [0.717, 1.165) is 4.47 Å². The monoisotopic (exact) mass is 369 g/mol. The van der Waals surface area contributed by atoms with Gasteiger partial charge in [0.15, 0.2) is 9.84 Å². The first-order chi connectivity index (χ1) is 9.79. The second kappa shape index (κ2) is 5.95. The van der Waals surface area contributed by atoms with Crippen LogP contribution in [0.1, 0.15) is 21.6 Å². The van der Waals surface area contributed by atoms with Crippen LogP contribution >= 0.6 is 15.9 Å². The Kier molecular flexibility index (Phi) is 4.43. The minimum absolute atomic E-state index is 0.0140. The van der Waals surface area contributed by atoms with Gasteiger partial charge in [-0.2, -0.15) is 0 Å². The largest absolute Gasteiger partial charge is 0.478 e. The molecular weight excluding hydrogens is 358 g/mol. The number of pyridine rings is 1. The fraction of sp³-hybridized carbons (Fsp3) is 0.143. The number of aromatic carboxylic acids is 1. The smallest absolute Gasteiger partial charge is 0.335 e. The van der Waals surface area contributed by atoms with Crippen molar-refractivity contribution in [3.8, 4) is 0 Å². The average molecular weight is 370 g/mol. The molecule has 1 N–H and O–H groups in total. The van der Waals surface area contributed by atoms with E-state index in [1.807, 2.05) is 0 Å². The molecule has 2 aromatic rings. The normalized spacial score (nSPS) is 11.3. The summed E-state index contributed by atoms with van der Waals surface area (Å²) in [6, 6.07) is 7.40. The number of rotatable bonds is 4. The van der Waals surface area contributed by atoms with Crippen molar-refractivity contribution in [3.05, 3.63) is 57.8 Å². The summed E-state index contributed by atoms with van der Waals surface area (Å²) in [5.41, 5.74) is 0.902. The maximum absolute atomic E-state index is 12.3. The van der Waals surface area contributed by atoms with Gasteiger partial charge in [-0.05, 0) is 52.7 Å². The number of aromatic nitrogens is 1. The van der Waals surface area contributed by atoms with Crippen LogP contribution < -0.4 is 0 Å². The number of carbonyl (C=O) groups is 1. The number of sulfone groups is 1. The molecule has 0 atom stereocenters. The summed E-state index contributed by atoms with van der Waals surface area (Å²) in [5.74, 6) is -1.42. The predicted octanol–water partition coefficient (Wildman–Crippen LogP) is 2.82. The van der Waals surface area contributed by atoms with Crippen molar-refractivity contribution in [2.75, 3.05) is 0 Å². The fourth-order valence-corrected chi connectivity index (χ4v) is 3.33. The molecule has 0 aliphatic rings. The van der Waals surface area contributed by atoms with Crippen molar-refractivity contribution >= 4 is 31.7 Å². The van der Waals surface area contributed by atoms with Crippen molar-refractivity contribution < 1.29 is 18.3 Å². The number of hydrogen-bond donors (Lipinski definition) is 1. The molecule has 2 rings (SSSR count). The number of carboxylic acid groups (broad SMARTS) is 1. The molecule has 21 heavy (non-hydrogen) atoms. The highest BCUT2D eigenvalue weighted by Crippen LogP contribution is 2.20. The second-order valence-corrected chi connectivity index (χ2v) is 7.41. The first kappa shape index (κ1) is 15.7. The Morgan fingerprint density at radius 3 is 2.57 bits per heavy atom. The Morgan fingerprint density at radius 2 is 2.00 bits per heavy atom. The van der Waals surface area contributed by atoms with E-state index >= 15 is 0 Å². The SMILES string of the molecule is Cc1ccc(S(=O)(=O)Cc2ccc(Br)cn2)cc1C(=O)O. The van der Waals surface area contributed by atoms with Crippen LogP contribution in [0.15, 0.2) is 45.9 Å². The van der Waals surface area contributed by atoms with E-state index in [1.54, 1.807) is 19.1 Å². The predicted molar refractivity (Wildman–Crippen MR) is 81.0 cm³/mol. The van der Waals surface area contributed by atoms with E-state index in [9.17, 15) is 13.2 Å². The molecule has 1 aromatic carbocycles. The van der Waals surface area contributed by atoms with Crippen LogP contribution in [0.3, 0.4) is 0 Å². The standard InChI is InChI=1S/C14H12BrNO4S/c1-9-2-5-12(6-13(9)14(17)18)21(19,20)8-11-4-3-10(15)7-16-11/h2-7H,8H2,1H3,(H,17,18). The van der Waals surface area contributed by atoms with Crippen molar-refractivity contribution in [1.29, 1.82) is 0 Å². The van der Waals surface area contributed by atoms with Crippen LogP contribution in [0, 0.1) is 6.92 Å². The van der Waals surface area contributed by atoms with Gasteiger partial charge < -0.3 is 5.11 Å². The fourth-order valence-electron chi connectivity index (χ4n) is 1.79. The number of benzene rings is 1. The zero-order chi connectivity index (χ0) is 15.6. The summed E-state index contributed by atoms with van der Waals surface area (Å²) in [6.45, 7) is 1.62. The molecular formula is C14H12BrNO4S. The van der Waals surface area contributed by atoms with Crippen molar-refractivity contribution in [1.82, 2.24) is 4.98 Å². The zero-order valence-corrected chi connectivity index (χ0v) is 13.5.